The Morgan fingerprint density at radius 3 is 3.12 bits per heavy atom. The number of nitrogens with zero attached hydrogens (tertiary/aromatic N) is 2. The van der Waals surface area contributed by atoms with Crippen molar-refractivity contribution in [1.82, 2.24) is 4.90 Å². The number of piperazine rings is 1. The second-order valence-corrected chi connectivity index (χ2v) is 5.01. The fourth-order valence-electron chi connectivity index (χ4n) is 2.78. The van der Waals surface area contributed by atoms with Crippen molar-refractivity contribution in [3.63, 3.8) is 0 Å². The predicted molar refractivity (Wildman–Crippen MR) is 69.1 cm³/mol. The van der Waals surface area contributed by atoms with Crippen molar-refractivity contribution < 1.29 is 4.74 Å². The van der Waals surface area contributed by atoms with Crippen LogP contribution < -0.4 is 10.6 Å². The van der Waals surface area contributed by atoms with Crippen molar-refractivity contribution in [2.75, 3.05) is 43.9 Å². The zero-order valence-corrected chi connectivity index (χ0v) is 10.2. The molecule has 2 aliphatic rings. The number of likely N-dealkylation sites (N-methyl/N-ethyl adjacent to an activating group) is 1. The van der Waals surface area contributed by atoms with Crippen LogP contribution in [-0.4, -0.2) is 44.2 Å². The second kappa shape index (κ2) is 4.20. The van der Waals surface area contributed by atoms with E-state index in [0.29, 0.717) is 12.6 Å². The van der Waals surface area contributed by atoms with Gasteiger partial charge >= 0.3 is 0 Å². The van der Waals surface area contributed by atoms with Gasteiger partial charge in [0.2, 0.25) is 0 Å². The van der Waals surface area contributed by atoms with Crippen molar-refractivity contribution in [2.24, 2.45) is 0 Å². The molecule has 0 bridgehead atoms. The van der Waals surface area contributed by atoms with Gasteiger partial charge in [0.05, 0.1) is 19.3 Å². The van der Waals surface area contributed by atoms with Crippen molar-refractivity contribution in [1.29, 1.82) is 0 Å². The Bertz CT molecular complexity index is 421. The topological polar surface area (TPSA) is 41.7 Å². The summed E-state index contributed by atoms with van der Waals surface area (Å²) in [5.74, 6) is 0. The maximum Gasteiger partial charge on any atom is 0.0738 e. The van der Waals surface area contributed by atoms with E-state index in [4.69, 9.17) is 10.5 Å². The summed E-state index contributed by atoms with van der Waals surface area (Å²) in [6.45, 7) is 4.74. The number of benzene rings is 1. The van der Waals surface area contributed by atoms with E-state index >= 15 is 0 Å². The standard InChI is InChI=1S/C13H19N3O/c1-15-4-5-16-12(7-15)9-17-8-10-6-11(14)2-3-13(10)16/h2-3,6,12H,4-5,7-9,14H2,1H3. The largest absolute Gasteiger partial charge is 0.399 e. The Balaban J connectivity index is 1.96. The summed E-state index contributed by atoms with van der Waals surface area (Å²) in [5, 5.41) is 0. The molecule has 0 saturated carbocycles. The lowest BCUT2D eigenvalue weighted by Crippen LogP contribution is -2.53. The molecule has 0 aliphatic carbocycles. The summed E-state index contributed by atoms with van der Waals surface area (Å²) in [5.41, 5.74) is 9.18. The molecule has 2 heterocycles. The number of fused-ring (bicyclic) bond motifs is 3. The van der Waals surface area contributed by atoms with Crippen LogP contribution in [0.2, 0.25) is 0 Å². The van der Waals surface area contributed by atoms with Gasteiger partial charge in [0.15, 0.2) is 0 Å². The van der Waals surface area contributed by atoms with Crippen molar-refractivity contribution in [2.45, 2.75) is 12.6 Å². The zero-order valence-electron chi connectivity index (χ0n) is 10.2. The van der Waals surface area contributed by atoms with Crippen molar-refractivity contribution >= 4 is 11.4 Å². The first-order chi connectivity index (χ1) is 8.24. The summed E-state index contributed by atoms with van der Waals surface area (Å²) in [6.07, 6.45) is 0. The summed E-state index contributed by atoms with van der Waals surface area (Å²) in [6, 6.07) is 6.63. The van der Waals surface area contributed by atoms with Crippen LogP contribution >= 0.6 is 0 Å². The fourth-order valence-corrected chi connectivity index (χ4v) is 2.78. The lowest BCUT2D eigenvalue weighted by molar-refractivity contribution is 0.0960. The highest BCUT2D eigenvalue weighted by atomic mass is 16.5. The first-order valence-corrected chi connectivity index (χ1v) is 6.15. The molecule has 17 heavy (non-hydrogen) atoms. The molecule has 1 atom stereocenters. The number of hydrogen-bond donors (Lipinski definition) is 1. The molecule has 4 heteroatoms. The van der Waals surface area contributed by atoms with Gasteiger partial charge in [0, 0.05) is 36.6 Å². The van der Waals surface area contributed by atoms with Crippen LogP contribution in [0.15, 0.2) is 18.2 Å². The predicted octanol–water partition coefficient (Wildman–Crippen LogP) is 0.919. The normalized spacial score (nSPS) is 25.0. The van der Waals surface area contributed by atoms with Gasteiger partial charge in [-0.3, -0.25) is 0 Å². The van der Waals surface area contributed by atoms with E-state index in [9.17, 15) is 0 Å². The second-order valence-electron chi connectivity index (χ2n) is 5.01. The van der Waals surface area contributed by atoms with E-state index in [0.717, 1.165) is 31.9 Å². The van der Waals surface area contributed by atoms with Crippen LogP contribution in [0.4, 0.5) is 11.4 Å². The molecule has 1 aromatic rings. The van der Waals surface area contributed by atoms with Gasteiger partial charge in [-0.05, 0) is 25.2 Å². The average Bonchev–Trinajstić information content (AvgIpc) is 2.47. The van der Waals surface area contributed by atoms with Gasteiger partial charge in [-0.25, -0.2) is 0 Å². The summed E-state index contributed by atoms with van der Waals surface area (Å²) in [7, 11) is 2.17. The quantitative estimate of drug-likeness (QED) is 0.677. The van der Waals surface area contributed by atoms with Gasteiger partial charge < -0.3 is 20.3 Å². The number of nitrogens with two attached hydrogens (primary N) is 1. The van der Waals surface area contributed by atoms with Gasteiger partial charge in [0.1, 0.15) is 0 Å². The Morgan fingerprint density at radius 2 is 2.24 bits per heavy atom. The van der Waals surface area contributed by atoms with Crippen molar-refractivity contribution in [3.05, 3.63) is 23.8 Å². The molecule has 2 aliphatic heterocycles. The van der Waals surface area contributed by atoms with Crippen LogP contribution in [0.25, 0.3) is 0 Å². The number of nitrogen functional groups attached to an aromatic ring is 1. The molecule has 1 unspecified atom stereocenters. The molecular weight excluding hydrogens is 214 g/mol. The lowest BCUT2D eigenvalue weighted by Gasteiger charge is -2.40. The Hall–Kier alpha value is -1.26. The third kappa shape index (κ3) is 1.98. The third-order valence-corrected chi connectivity index (χ3v) is 3.67. The van der Waals surface area contributed by atoms with E-state index < -0.39 is 0 Å². The minimum absolute atomic E-state index is 0.471. The molecule has 92 valence electrons. The van der Waals surface area contributed by atoms with E-state index in [1.165, 1.54) is 11.3 Å². The molecule has 1 saturated heterocycles. The first-order valence-electron chi connectivity index (χ1n) is 6.15. The molecule has 1 fully saturated rings. The summed E-state index contributed by atoms with van der Waals surface area (Å²) >= 11 is 0. The highest BCUT2D eigenvalue weighted by molar-refractivity contribution is 5.60. The molecule has 4 nitrogen and oxygen atoms in total. The molecule has 0 aromatic heterocycles. The van der Waals surface area contributed by atoms with Crippen LogP contribution in [0, 0.1) is 0 Å². The summed E-state index contributed by atoms with van der Waals surface area (Å²) < 4.78 is 5.77. The number of rotatable bonds is 0. The fraction of sp³-hybridized carbons (Fsp3) is 0.538. The van der Waals surface area contributed by atoms with Crippen molar-refractivity contribution in [3.8, 4) is 0 Å². The van der Waals surface area contributed by atoms with Gasteiger partial charge in [-0.15, -0.1) is 0 Å². The smallest absolute Gasteiger partial charge is 0.0738 e. The average molecular weight is 233 g/mol. The minimum atomic E-state index is 0.471. The van der Waals surface area contributed by atoms with Crippen LogP contribution in [0.3, 0.4) is 0 Å². The van der Waals surface area contributed by atoms with Gasteiger partial charge in [0.25, 0.3) is 0 Å². The van der Waals surface area contributed by atoms with E-state index in [-0.39, 0.29) is 0 Å². The number of anilines is 2. The Morgan fingerprint density at radius 1 is 1.35 bits per heavy atom. The molecule has 0 amide bonds. The third-order valence-electron chi connectivity index (χ3n) is 3.67. The molecular formula is C13H19N3O. The minimum Gasteiger partial charge on any atom is -0.399 e. The van der Waals surface area contributed by atoms with Crippen LogP contribution in [-0.2, 0) is 11.3 Å². The molecule has 1 aromatic carbocycles. The maximum atomic E-state index is 5.84. The highest BCUT2D eigenvalue weighted by Gasteiger charge is 2.29. The zero-order chi connectivity index (χ0) is 11.8. The highest BCUT2D eigenvalue weighted by Crippen LogP contribution is 2.29. The molecule has 0 radical (unpaired) electrons. The van der Waals surface area contributed by atoms with E-state index in [1.807, 2.05) is 12.1 Å². The number of ether oxygens (including phenoxy) is 1. The van der Waals surface area contributed by atoms with Crippen LogP contribution in [0.5, 0.6) is 0 Å². The Kier molecular flexibility index (Phi) is 2.68. The molecule has 2 N–H and O–H groups in total. The maximum absolute atomic E-state index is 5.84. The monoisotopic (exact) mass is 233 g/mol. The van der Waals surface area contributed by atoms with E-state index in [2.05, 4.69) is 22.9 Å². The summed E-state index contributed by atoms with van der Waals surface area (Å²) in [4.78, 5) is 4.84. The number of hydrogen-bond acceptors (Lipinski definition) is 4. The van der Waals surface area contributed by atoms with E-state index in [1.54, 1.807) is 0 Å². The van der Waals surface area contributed by atoms with Crippen LogP contribution in [0.1, 0.15) is 5.56 Å². The van der Waals surface area contributed by atoms with Gasteiger partial charge in [-0.1, -0.05) is 0 Å². The Labute approximate surface area is 102 Å². The molecule has 3 rings (SSSR count). The SMILES string of the molecule is CN1CCN2c3ccc(N)cc3COCC2C1. The van der Waals surface area contributed by atoms with Gasteiger partial charge in [-0.2, -0.15) is 0 Å². The first kappa shape index (κ1) is 10.9. The lowest BCUT2D eigenvalue weighted by atomic mass is 10.1. The molecule has 0 spiro atoms.